The summed E-state index contributed by atoms with van der Waals surface area (Å²) in [7, 11) is 1.18. The van der Waals surface area contributed by atoms with Crippen molar-refractivity contribution < 1.29 is 19.2 Å². The van der Waals surface area contributed by atoms with Crippen molar-refractivity contribution in [1.82, 2.24) is 15.1 Å². The van der Waals surface area contributed by atoms with Crippen LogP contribution in [0.1, 0.15) is 32.7 Å². The van der Waals surface area contributed by atoms with Gasteiger partial charge in [0.05, 0.1) is 17.6 Å². The lowest BCUT2D eigenvalue weighted by atomic mass is 10.1. The minimum Gasteiger partial charge on any atom is -0.465 e. The second-order valence-electron chi connectivity index (χ2n) is 7.73. The minimum atomic E-state index is -0.728. The zero-order valence-electron chi connectivity index (χ0n) is 18.2. The number of methoxy groups -OCH3 is 1. The van der Waals surface area contributed by atoms with Crippen molar-refractivity contribution in [2.75, 3.05) is 46.4 Å². The smallest absolute Gasteiger partial charge is 0.338 e. The number of piperazine rings is 1. The molecule has 0 aliphatic carbocycles. The quantitative estimate of drug-likeness (QED) is 0.276. The van der Waals surface area contributed by atoms with E-state index in [9.17, 15) is 19.7 Å². The Labute approximate surface area is 187 Å². The number of non-ortho nitro benzene ring substituents is 1. The molecule has 0 atom stereocenters. The third-order valence-corrected chi connectivity index (χ3v) is 5.46. The summed E-state index contributed by atoms with van der Waals surface area (Å²) in [6, 6.07) is 14.0. The molecule has 2 aromatic rings. The van der Waals surface area contributed by atoms with E-state index >= 15 is 0 Å². The Morgan fingerprint density at radius 2 is 1.69 bits per heavy atom. The molecular formula is C23H28N4O5. The third-order valence-electron chi connectivity index (χ3n) is 5.46. The first-order valence-electron chi connectivity index (χ1n) is 10.6. The normalized spacial score (nSPS) is 14.7. The highest BCUT2D eigenvalue weighted by Gasteiger charge is 2.19. The number of nitrogens with one attached hydrogen (secondary N) is 1. The van der Waals surface area contributed by atoms with Crippen LogP contribution < -0.4 is 5.32 Å². The van der Waals surface area contributed by atoms with Crippen LogP contribution in [0.15, 0.2) is 48.5 Å². The van der Waals surface area contributed by atoms with Crippen molar-refractivity contribution in [3.05, 3.63) is 75.3 Å². The second-order valence-corrected chi connectivity index (χ2v) is 7.73. The van der Waals surface area contributed by atoms with Gasteiger partial charge in [0.1, 0.15) is 0 Å². The van der Waals surface area contributed by atoms with Gasteiger partial charge in [-0.2, -0.15) is 0 Å². The molecule has 0 saturated carbocycles. The fraction of sp³-hybridized carbons (Fsp3) is 0.391. The number of rotatable bonds is 9. The maximum Gasteiger partial charge on any atom is 0.338 e. The van der Waals surface area contributed by atoms with Crippen LogP contribution >= 0.6 is 0 Å². The number of ether oxygens (including phenoxy) is 1. The largest absolute Gasteiger partial charge is 0.465 e. The van der Waals surface area contributed by atoms with Crippen LogP contribution in [0.2, 0.25) is 0 Å². The lowest BCUT2D eigenvalue weighted by molar-refractivity contribution is -0.384. The molecule has 1 fully saturated rings. The van der Waals surface area contributed by atoms with E-state index in [1.54, 1.807) is 0 Å². The van der Waals surface area contributed by atoms with E-state index in [2.05, 4.69) is 44.1 Å². The number of amides is 1. The first-order valence-corrected chi connectivity index (χ1v) is 10.6. The van der Waals surface area contributed by atoms with Crippen LogP contribution in [0.5, 0.6) is 0 Å². The van der Waals surface area contributed by atoms with Crippen molar-refractivity contribution in [3.63, 3.8) is 0 Å². The lowest BCUT2D eigenvalue weighted by Gasteiger charge is -2.34. The second kappa shape index (κ2) is 11.4. The van der Waals surface area contributed by atoms with Crippen molar-refractivity contribution in [3.8, 4) is 0 Å². The zero-order chi connectivity index (χ0) is 22.9. The minimum absolute atomic E-state index is 0.0276. The molecule has 170 valence electrons. The number of benzene rings is 2. The van der Waals surface area contributed by atoms with Crippen LogP contribution in [0, 0.1) is 10.1 Å². The first-order chi connectivity index (χ1) is 15.5. The van der Waals surface area contributed by atoms with Crippen LogP contribution in [0.25, 0.3) is 0 Å². The highest BCUT2D eigenvalue weighted by Crippen LogP contribution is 2.18. The standard InChI is InChI=1S/C23H28N4O5/c1-32-23(29)20-14-19(15-21(16-20)27(30)31)22(28)24-8-5-9-25-10-12-26(13-11-25)17-18-6-3-2-4-7-18/h2-4,6-7,14-16H,5,8-13,17H2,1H3,(H,24,28). The molecule has 0 bridgehead atoms. The number of hydrogen-bond donors (Lipinski definition) is 1. The van der Waals surface area contributed by atoms with Crippen LogP contribution in [-0.4, -0.2) is 73.0 Å². The highest BCUT2D eigenvalue weighted by atomic mass is 16.6. The van der Waals surface area contributed by atoms with E-state index in [-0.39, 0.29) is 16.8 Å². The molecule has 1 heterocycles. The van der Waals surface area contributed by atoms with Gasteiger partial charge in [-0.25, -0.2) is 4.79 Å². The fourth-order valence-corrected chi connectivity index (χ4v) is 3.70. The van der Waals surface area contributed by atoms with E-state index in [0.29, 0.717) is 6.54 Å². The Morgan fingerprint density at radius 1 is 1.03 bits per heavy atom. The predicted octanol–water partition coefficient (Wildman–Crippen LogP) is 2.32. The van der Waals surface area contributed by atoms with Gasteiger partial charge >= 0.3 is 5.97 Å². The van der Waals surface area contributed by atoms with Crippen molar-refractivity contribution >= 4 is 17.6 Å². The van der Waals surface area contributed by atoms with E-state index in [4.69, 9.17) is 0 Å². The molecule has 1 saturated heterocycles. The zero-order valence-corrected chi connectivity index (χ0v) is 18.2. The Kier molecular flexibility index (Phi) is 8.29. The van der Waals surface area contributed by atoms with Gasteiger partial charge < -0.3 is 15.0 Å². The maximum atomic E-state index is 12.4. The number of carbonyl (C=O) groups excluding carboxylic acids is 2. The summed E-state index contributed by atoms with van der Waals surface area (Å²) in [4.78, 5) is 39.5. The summed E-state index contributed by atoms with van der Waals surface area (Å²) in [6.45, 7) is 6.24. The third kappa shape index (κ3) is 6.60. The van der Waals surface area contributed by atoms with Crippen molar-refractivity contribution in [1.29, 1.82) is 0 Å². The van der Waals surface area contributed by atoms with Gasteiger partial charge in [0, 0.05) is 57.0 Å². The summed E-state index contributed by atoms with van der Waals surface area (Å²) in [6.07, 6.45) is 0.767. The summed E-state index contributed by atoms with van der Waals surface area (Å²) in [5.74, 6) is -1.18. The van der Waals surface area contributed by atoms with E-state index < -0.39 is 16.8 Å². The molecular weight excluding hydrogens is 412 g/mol. The predicted molar refractivity (Wildman–Crippen MR) is 120 cm³/mol. The molecule has 9 nitrogen and oxygen atoms in total. The lowest BCUT2D eigenvalue weighted by Crippen LogP contribution is -2.46. The maximum absolute atomic E-state index is 12.4. The highest BCUT2D eigenvalue weighted by molar-refractivity contribution is 5.98. The van der Waals surface area contributed by atoms with Gasteiger partial charge in [-0.05, 0) is 24.6 Å². The number of carbonyl (C=O) groups is 2. The average Bonchev–Trinajstić information content (AvgIpc) is 2.82. The summed E-state index contributed by atoms with van der Waals surface area (Å²) < 4.78 is 4.61. The molecule has 0 unspecified atom stereocenters. The van der Waals surface area contributed by atoms with Gasteiger partial charge in [0.2, 0.25) is 0 Å². The fourth-order valence-electron chi connectivity index (χ4n) is 3.70. The molecule has 2 aromatic carbocycles. The monoisotopic (exact) mass is 440 g/mol. The molecule has 3 rings (SSSR count). The van der Waals surface area contributed by atoms with E-state index in [0.717, 1.165) is 57.8 Å². The Bertz CT molecular complexity index is 943. The van der Waals surface area contributed by atoms with Crippen LogP contribution in [-0.2, 0) is 11.3 Å². The van der Waals surface area contributed by atoms with Gasteiger partial charge in [-0.3, -0.25) is 19.8 Å². The average molecular weight is 441 g/mol. The van der Waals surface area contributed by atoms with Gasteiger partial charge in [0.25, 0.3) is 11.6 Å². The molecule has 1 N–H and O–H groups in total. The Balaban J connectivity index is 1.42. The molecule has 32 heavy (non-hydrogen) atoms. The Morgan fingerprint density at radius 3 is 2.34 bits per heavy atom. The molecule has 1 aliphatic heterocycles. The molecule has 1 amide bonds. The number of hydrogen-bond acceptors (Lipinski definition) is 7. The number of nitrogens with zero attached hydrogens (tertiary/aromatic N) is 3. The van der Waals surface area contributed by atoms with Gasteiger partial charge in [-0.15, -0.1) is 0 Å². The van der Waals surface area contributed by atoms with Crippen molar-refractivity contribution in [2.24, 2.45) is 0 Å². The number of esters is 1. The van der Waals surface area contributed by atoms with Gasteiger partial charge in [0.15, 0.2) is 0 Å². The van der Waals surface area contributed by atoms with Crippen LogP contribution in [0.3, 0.4) is 0 Å². The number of nitro groups is 1. The molecule has 1 aliphatic rings. The Hall–Kier alpha value is -3.30. The topological polar surface area (TPSA) is 105 Å². The van der Waals surface area contributed by atoms with Gasteiger partial charge in [-0.1, -0.05) is 30.3 Å². The SMILES string of the molecule is COC(=O)c1cc(C(=O)NCCCN2CCN(Cc3ccccc3)CC2)cc([N+](=O)[O-])c1. The first kappa shape index (κ1) is 23.4. The van der Waals surface area contributed by atoms with E-state index in [1.807, 2.05) is 6.07 Å². The van der Waals surface area contributed by atoms with E-state index in [1.165, 1.54) is 18.7 Å². The van der Waals surface area contributed by atoms with Crippen molar-refractivity contribution in [2.45, 2.75) is 13.0 Å². The van der Waals surface area contributed by atoms with Crippen LogP contribution in [0.4, 0.5) is 5.69 Å². The number of nitro benzene ring substituents is 1. The summed E-state index contributed by atoms with van der Waals surface area (Å²) >= 11 is 0. The molecule has 0 aromatic heterocycles. The summed E-state index contributed by atoms with van der Waals surface area (Å²) in [5, 5.41) is 13.9. The molecule has 0 spiro atoms. The molecule has 9 heteroatoms. The summed E-state index contributed by atoms with van der Waals surface area (Å²) in [5.41, 5.74) is 1.03. The molecule has 0 radical (unpaired) electrons.